The van der Waals surface area contributed by atoms with Gasteiger partial charge in [0.15, 0.2) is 0 Å². The number of amides is 1. The standard InChI is InChI=1S/C23H29NO3S/c1-4-9-15(3)21(25)24-22-20(23(26)27-5-2)18-13-12-17(14-19(18)28-22)16-10-7-6-8-11-16/h6-8,10-11,15,17H,4-5,9,12-14H2,1-3H3,(H,24,25)/t15-,17+/m0/s1. The first-order valence-corrected chi connectivity index (χ1v) is 11.0. The minimum Gasteiger partial charge on any atom is -0.462 e. The molecule has 0 radical (unpaired) electrons. The minimum atomic E-state index is -0.323. The molecule has 0 saturated carbocycles. The van der Waals surface area contributed by atoms with E-state index in [0.717, 1.165) is 37.7 Å². The van der Waals surface area contributed by atoms with Crippen LogP contribution in [0, 0.1) is 5.92 Å². The first kappa shape index (κ1) is 20.6. The summed E-state index contributed by atoms with van der Waals surface area (Å²) < 4.78 is 5.31. The predicted octanol–water partition coefficient (Wildman–Crippen LogP) is 5.57. The molecule has 1 aromatic heterocycles. The summed E-state index contributed by atoms with van der Waals surface area (Å²) in [4.78, 5) is 26.4. The van der Waals surface area contributed by atoms with E-state index in [1.165, 1.54) is 10.4 Å². The number of anilines is 1. The van der Waals surface area contributed by atoms with Crippen molar-refractivity contribution in [2.45, 2.75) is 58.8 Å². The third kappa shape index (κ3) is 4.46. The molecule has 4 nitrogen and oxygen atoms in total. The lowest BCUT2D eigenvalue weighted by atomic mass is 9.83. The smallest absolute Gasteiger partial charge is 0.341 e. The molecular weight excluding hydrogens is 370 g/mol. The van der Waals surface area contributed by atoms with Crippen LogP contribution in [0.5, 0.6) is 0 Å². The van der Waals surface area contributed by atoms with Crippen molar-refractivity contribution in [3.05, 3.63) is 51.9 Å². The molecule has 1 aliphatic rings. The lowest BCUT2D eigenvalue weighted by Crippen LogP contribution is -2.21. The number of nitrogens with one attached hydrogen (secondary N) is 1. The minimum absolute atomic E-state index is 0.0226. The van der Waals surface area contributed by atoms with Crippen LogP contribution in [0.25, 0.3) is 0 Å². The van der Waals surface area contributed by atoms with Crippen LogP contribution >= 0.6 is 11.3 Å². The van der Waals surface area contributed by atoms with Crippen LogP contribution in [0.3, 0.4) is 0 Å². The molecule has 0 bridgehead atoms. The first-order valence-electron chi connectivity index (χ1n) is 10.2. The van der Waals surface area contributed by atoms with Gasteiger partial charge in [-0.1, -0.05) is 50.6 Å². The van der Waals surface area contributed by atoms with Crippen molar-refractivity contribution in [2.24, 2.45) is 5.92 Å². The maximum Gasteiger partial charge on any atom is 0.341 e. The largest absolute Gasteiger partial charge is 0.462 e. The summed E-state index contributed by atoms with van der Waals surface area (Å²) in [6.45, 7) is 6.14. The highest BCUT2D eigenvalue weighted by atomic mass is 32.1. The Morgan fingerprint density at radius 3 is 2.68 bits per heavy atom. The van der Waals surface area contributed by atoms with Crippen LogP contribution in [-0.2, 0) is 22.4 Å². The number of hydrogen-bond donors (Lipinski definition) is 1. The fraction of sp³-hybridized carbons (Fsp3) is 0.478. The first-order chi connectivity index (χ1) is 13.5. The summed E-state index contributed by atoms with van der Waals surface area (Å²) >= 11 is 1.55. The lowest BCUT2D eigenvalue weighted by molar-refractivity contribution is -0.119. The molecule has 28 heavy (non-hydrogen) atoms. The van der Waals surface area contributed by atoms with Crippen molar-refractivity contribution in [3.8, 4) is 0 Å². The van der Waals surface area contributed by atoms with Crippen molar-refractivity contribution in [3.63, 3.8) is 0 Å². The number of hydrogen-bond acceptors (Lipinski definition) is 4. The molecule has 1 amide bonds. The second-order valence-corrected chi connectivity index (χ2v) is 8.56. The molecule has 1 aromatic carbocycles. The second-order valence-electron chi connectivity index (χ2n) is 7.46. The molecule has 0 aliphatic heterocycles. The van der Waals surface area contributed by atoms with E-state index >= 15 is 0 Å². The van der Waals surface area contributed by atoms with Crippen LogP contribution < -0.4 is 5.32 Å². The van der Waals surface area contributed by atoms with Crippen molar-refractivity contribution in [2.75, 3.05) is 11.9 Å². The maximum atomic E-state index is 12.7. The molecule has 150 valence electrons. The van der Waals surface area contributed by atoms with E-state index in [4.69, 9.17) is 4.74 Å². The molecule has 3 rings (SSSR count). The van der Waals surface area contributed by atoms with E-state index in [0.29, 0.717) is 23.1 Å². The van der Waals surface area contributed by atoms with Gasteiger partial charge in [0.25, 0.3) is 0 Å². The molecule has 2 aromatic rings. The van der Waals surface area contributed by atoms with E-state index in [1.54, 1.807) is 11.3 Å². The zero-order valence-corrected chi connectivity index (χ0v) is 17.7. The fourth-order valence-corrected chi connectivity index (χ4v) is 5.22. The molecule has 0 spiro atoms. The predicted molar refractivity (Wildman–Crippen MR) is 114 cm³/mol. The fourth-order valence-electron chi connectivity index (χ4n) is 3.90. The van der Waals surface area contributed by atoms with E-state index in [1.807, 2.05) is 19.9 Å². The third-order valence-corrected chi connectivity index (χ3v) is 6.59. The Kier molecular flexibility index (Phi) is 6.89. The number of carbonyl (C=O) groups is 2. The Morgan fingerprint density at radius 2 is 2.00 bits per heavy atom. The Morgan fingerprint density at radius 1 is 1.25 bits per heavy atom. The van der Waals surface area contributed by atoms with Crippen LogP contribution in [0.4, 0.5) is 5.00 Å². The average Bonchev–Trinajstić information content (AvgIpc) is 3.06. The number of thiophene rings is 1. The third-order valence-electron chi connectivity index (χ3n) is 5.42. The van der Waals surface area contributed by atoms with Gasteiger partial charge < -0.3 is 10.1 Å². The molecule has 0 saturated heterocycles. The summed E-state index contributed by atoms with van der Waals surface area (Å²) in [5.74, 6) is 0.0309. The van der Waals surface area contributed by atoms with Gasteiger partial charge in [0.05, 0.1) is 12.2 Å². The van der Waals surface area contributed by atoms with Gasteiger partial charge in [-0.05, 0) is 49.7 Å². The van der Waals surface area contributed by atoms with Gasteiger partial charge >= 0.3 is 5.97 Å². The zero-order chi connectivity index (χ0) is 20.1. The van der Waals surface area contributed by atoms with E-state index < -0.39 is 0 Å². The van der Waals surface area contributed by atoms with Crippen LogP contribution in [0.2, 0.25) is 0 Å². The highest BCUT2D eigenvalue weighted by Gasteiger charge is 2.31. The normalized spacial score (nSPS) is 16.9. The van der Waals surface area contributed by atoms with Crippen LogP contribution in [0.15, 0.2) is 30.3 Å². The summed E-state index contributed by atoms with van der Waals surface area (Å²) in [6, 6.07) is 10.5. The van der Waals surface area contributed by atoms with Gasteiger partial charge in [-0.15, -0.1) is 11.3 Å². The number of ether oxygens (including phenoxy) is 1. The van der Waals surface area contributed by atoms with Crippen LogP contribution in [0.1, 0.15) is 72.3 Å². The van der Waals surface area contributed by atoms with Gasteiger partial charge in [0.2, 0.25) is 5.91 Å². The molecule has 0 unspecified atom stereocenters. The Balaban J connectivity index is 1.89. The Hall–Kier alpha value is -2.14. The number of rotatable bonds is 7. The summed E-state index contributed by atoms with van der Waals surface area (Å²) in [6.07, 6.45) is 4.53. The number of benzene rings is 1. The van der Waals surface area contributed by atoms with E-state index in [-0.39, 0.29) is 17.8 Å². The topological polar surface area (TPSA) is 55.4 Å². The molecule has 2 atom stereocenters. The maximum absolute atomic E-state index is 12.7. The van der Waals surface area contributed by atoms with Gasteiger partial charge in [-0.25, -0.2) is 4.79 Å². The van der Waals surface area contributed by atoms with Gasteiger partial charge in [0.1, 0.15) is 5.00 Å². The van der Waals surface area contributed by atoms with E-state index in [9.17, 15) is 9.59 Å². The van der Waals surface area contributed by atoms with Gasteiger partial charge in [-0.3, -0.25) is 4.79 Å². The molecule has 0 fully saturated rings. The number of fused-ring (bicyclic) bond motifs is 1. The number of carbonyl (C=O) groups excluding carboxylic acids is 2. The molecule has 5 heteroatoms. The number of esters is 1. The summed E-state index contributed by atoms with van der Waals surface area (Å²) in [5.41, 5.74) is 2.97. The molecule has 1 aliphatic carbocycles. The molecule has 1 heterocycles. The van der Waals surface area contributed by atoms with Gasteiger partial charge in [0, 0.05) is 10.8 Å². The molecule has 1 N–H and O–H groups in total. The summed E-state index contributed by atoms with van der Waals surface area (Å²) in [7, 11) is 0. The van der Waals surface area contributed by atoms with Crippen molar-refractivity contribution in [1.82, 2.24) is 0 Å². The van der Waals surface area contributed by atoms with Crippen molar-refractivity contribution >= 4 is 28.2 Å². The SMILES string of the molecule is CCC[C@H](C)C(=O)Nc1sc2c(c1C(=O)OCC)CC[C@@H](c1ccccc1)C2. The highest BCUT2D eigenvalue weighted by Crippen LogP contribution is 2.43. The quantitative estimate of drug-likeness (QED) is 0.619. The van der Waals surface area contributed by atoms with Crippen molar-refractivity contribution in [1.29, 1.82) is 0 Å². The molecular formula is C23H29NO3S. The summed E-state index contributed by atoms with van der Waals surface area (Å²) in [5, 5.41) is 3.68. The van der Waals surface area contributed by atoms with Crippen LogP contribution in [-0.4, -0.2) is 18.5 Å². The van der Waals surface area contributed by atoms with Gasteiger partial charge in [-0.2, -0.15) is 0 Å². The second kappa shape index (κ2) is 9.37. The lowest BCUT2D eigenvalue weighted by Gasteiger charge is -2.23. The average molecular weight is 400 g/mol. The zero-order valence-electron chi connectivity index (χ0n) is 16.9. The monoisotopic (exact) mass is 399 g/mol. The Bertz CT molecular complexity index is 828. The Labute approximate surface area is 171 Å². The van der Waals surface area contributed by atoms with E-state index in [2.05, 4.69) is 36.5 Å². The highest BCUT2D eigenvalue weighted by molar-refractivity contribution is 7.17. The van der Waals surface area contributed by atoms with Crippen molar-refractivity contribution < 1.29 is 14.3 Å².